The molecule has 0 aliphatic heterocycles. The molecule has 356 valence electrons. The lowest BCUT2D eigenvalue weighted by Crippen LogP contribution is -2.01. The third-order valence-electron chi connectivity index (χ3n) is 12.8. The number of pyridine rings is 1. The Bertz CT molecular complexity index is 4060. The van der Waals surface area contributed by atoms with Gasteiger partial charge in [0, 0.05) is 67.7 Å². The first kappa shape index (κ1) is 46.7. The summed E-state index contributed by atoms with van der Waals surface area (Å²) in [6.45, 7) is 3.81. The van der Waals surface area contributed by atoms with Crippen molar-refractivity contribution < 1.29 is 0 Å². The van der Waals surface area contributed by atoms with Crippen molar-refractivity contribution in [2.24, 2.45) is 0 Å². The molecule has 0 spiro atoms. The quantitative estimate of drug-likeness (QED) is 0.115. The number of rotatable bonds is 11. The van der Waals surface area contributed by atoms with E-state index in [1.807, 2.05) is 105 Å². The Balaban J connectivity index is 0.855. The summed E-state index contributed by atoms with van der Waals surface area (Å²) in [5.41, 5.74) is 15.7. The van der Waals surface area contributed by atoms with Crippen LogP contribution in [0.1, 0.15) is 11.6 Å². The number of hydrogen-bond donors (Lipinski definition) is 0. The summed E-state index contributed by atoms with van der Waals surface area (Å²) in [6.07, 6.45) is 1.80. The molecule has 0 saturated carbocycles. The van der Waals surface area contributed by atoms with E-state index < -0.39 is 0 Å². The van der Waals surface area contributed by atoms with Crippen molar-refractivity contribution in [3.8, 4) is 124 Å². The summed E-state index contributed by atoms with van der Waals surface area (Å²) in [5.74, 6) is 4.95. The summed E-state index contributed by atoms with van der Waals surface area (Å²) < 4.78 is 0.589. The van der Waals surface area contributed by atoms with Crippen LogP contribution < -0.4 is 0 Å². The maximum atomic E-state index is 5.20. The van der Waals surface area contributed by atoms with Crippen molar-refractivity contribution in [3.63, 3.8) is 0 Å². The molecule has 0 saturated heterocycles. The molecule has 4 heterocycles. The highest BCUT2D eigenvalue weighted by atomic mass is 127. The topological polar surface area (TPSA) is 129 Å². The lowest BCUT2D eigenvalue weighted by atomic mass is 9.91. The maximum Gasteiger partial charge on any atom is 0.194 e. The van der Waals surface area contributed by atoms with E-state index in [4.69, 9.17) is 39.9 Å². The van der Waals surface area contributed by atoms with Crippen molar-refractivity contribution in [2.75, 3.05) is 0 Å². The number of hydrogen-bond acceptors (Lipinski definition) is 10. The number of aromatic nitrogens is 10. The predicted octanol–water partition coefficient (Wildman–Crippen LogP) is 15.2. The smallest absolute Gasteiger partial charge is 0.194 e. The van der Waals surface area contributed by atoms with Crippen LogP contribution in [-0.4, -0.2) is 49.8 Å². The highest BCUT2D eigenvalue weighted by Gasteiger charge is 2.19. The number of aryl methyl sites for hydroxylation is 2. The number of halogens is 1. The lowest BCUT2D eigenvalue weighted by molar-refractivity contribution is 0.991. The molecule has 8 aromatic carbocycles. The van der Waals surface area contributed by atoms with Gasteiger partial charge >= 0.3 is 0 Å². The van der Waals surface area contributed by atoms with Crippen LogP contribution in [0, 0.1) is 17.7 Å². The standard InChI is InChI=1S/C64H43IN10/c1-40-67-58(43-17-4-3-5-18-43)71-60(69-40)48-22-14-19-45(37-48)51-25-6-7-26-52(51)46-20-15-24-50(38-46)62-73-63(75-64(65)74-62)56-30-11-10-29-55(56)54-28-9-8-27-53(54)47-21-16-23-49(39-47)61-70-41(2)68-59(72-61)44-34-32-42(33-35-44)57-31-12-13-36-66-57/h3-39H,1-2H3. The van der Waals surface area contributed by atoms with Gasteiger partial charge in [-0.25, -0.2) is 44.9 Å². The lowest BCUT2D eigenvalue weighted by Gasteiger charge is -2.15. The molecule has 75 heavy (non-hydrogen) atoms. The van der Waals surface area contributed by atoms with Gasteiger partial charge in [-0.2, -0.15) is 0 Å². The first-order chi connectivity index (χ1) is 36.9. The summed E-state index contributed by atoms with van der Waals surface area (Å²) in [5, 5.41) is 0. The second-order valence-electron chi connectivity index (χ2n) is 17.8. The van der Waals surface area contributed by atoms with Crippen molar-refractivity contribution >= 4 is 22.6 Å². The monoisotopic (exact) mass is 1080 g/mol. The average molecular weight is 1080 g/mol. The van der Waals surface area contributed by atoms with Crippen LogP contribution in [0.15, 0.2) is 225 Å². The van der Waals surface area contributed by atoms with E-state index in [0.29, 0.717) is 50.4 Å². The molecule has 4 aromatic heterocycles. The number of benzene rings is 8. The van der Waals surface area contributed by atoms with Gasteiger partial charge in [0.25, 0.3) is 0 Å². The molecule has 12 aromatic rings. The molecular formula is C64H43IN10. The molecule has 0 bridgehead atoms. The molecule has 0 unspecified atom stereocenters. The summed E-state index contributed by atoms with van der Waals surface area (Å²) >= 11 is 2.20. The highest BCUT2D eigenvalue weighted by Crippen LogP contribution is 2.40. The van der Waals surface area contributed by atoms with Crippen LogP contribution in [0.3, 0.4) is 0 Å². The average Bonchev–Trinajstić information content (AvgIpc) is 3.47. The van der Waals surface area contributed by atoms with Gasteiger partial charge in [0.2, 0.25) is 0 Å². The van der Waals surface area contributed by atoms with Crippen molar-refractivity contribution in [1.82, 2.24) is 49.8 Å². The minimum atomic E-state index is 0.580. The minimum absolute atomic E-state index is 0.580. The predicted molar refractivity (Wildman–Crippen MR) is 306 cm³/mol. The van der Waals surface area contributed by atoms with Crippen LogP contribution in [0.2, 0.25) is 0 Å². The van der Waals surface area contributed by atoms with E-state index in [2.05, 4.69) is 160 Å². The van der Waals surface area contributed by atoms with Crippen molar-refractivity contribution in [1.29, 1.82) is 0 Å². The van der Waals surface area contributed by atoms with E-state index in [0.717, 1.165) is 89.1 Å². The third-order valence-corrected chi connectivity index (χ3v) is 13.3. The zero-order chi connectivity index (χ0) is 50.7. The number of nitrogens with zero attached hydrogens (tertiary/aromatic N) is 10. The van der Waals surface area contributed by atoms with E-state index in [1.54, 1.807) is 6.20 Å². The second-order valence-corrected chi connectivity index (χ2v) is 18.8. The van der Waals surface area contributed by atoms with Gasteiger partial charge in [0.15, 0.2) is 38.8 Å². The van der Waals surface area contributed by atoms with Crippen molar-refractivity contribution in [2.45, 2.75) is 13.8 Å². The molecule has 11 heteroatoms. The largest absolute Gasteiger partial charge is 0.256 e. The van der Waals surface area contributed by atoms with Gasteiger partial charge in [-0.05, 0) is 88.7 Å². The van der Waals surface area contributed by atoms with Gasteiger partial charge in [-0.3, -0.25) is 4.98 Å². The van der Waals surface area contributed by atoms with Gasteiger partial charge in [0.1, 0.15) is 11.6 Å². The van der Waals surface area contributed by atoms with Crippen molar-refractivity contribution in [3.05, 3.63) is 240 Å². The summed E-state index contributed by atoms with van der Waals surface area (Å²) in [4.78, 5) is 48.4. The van der Waals surface area contributed by atoms with Gasteiger partial charge in [-0.1, -0.05) is 188 Å². The van der Waals surface area contributed by atoms with Gasteiger partial charge in [-0.15, -0.1) is 0 Å². The highest BCUT2D eigenvalue weighted by molar-refractivity contribution is 14.1. The molecule has 0 N–H and O–H groups in total. The molecule has 0 aliphatic carbocycles. The molecule has 0 amide bonds. The fourth-order valence-electron chi connectivity index (χ4n) is 9.34. The Morgan fingerprint density at radius 1 is 0.253 bits per heavy atom. The first-order valence-corrected chi connectivity index (χ1v) is 25.5. The fraction of sp³-hybridized carbons (Fsp3) is 0.0312. The van der Waals surface area contributed by atoms with Gasteiger partial charge in [0.05, 0.1) is 5.69 Å². The Hall–Kier alpha value is -9.33. The molecule has 0 atom stereocenters. The Morgan fingerprint density at radius 3 is 1.11 bits per heavy atom. The minimum Gasteiger partial charge on any atom is -0.256 e. The van der Waals surface area contributed by atoms with E-state index in [-0.39, 0.29) is 0 Å². The van der Waals surface area contributed by atoms with Crippen LogP contribution in [0.5, 0.6) is 0 Å². The Kier molecular flexibility index (Phi) is 12.9. The third kappa shape index (κ3) is 9.96. The zero-order valence-electron chi connectivity index (χ0n) is 40.7. The van der Waals surface area contributed by atoms with Crippen LogP contribution in [0.4, 0.5) is 0 Å². The summed E-state index contributed by atoms with van der Waals surface area (Å²) in [6, 6.07) is 74.4. The molecule has 12 rings (SSSR count). The van der Waals surface area contributed by atoms with E-state index >= 15 is 0 Å². The van der Waals surface area contributed by atoms with E-state index in [1.165, 1.54) is 0 Å². The van der Waals surface area contributed by atoms with Crippen LogP contribution in [-0.2, 0) is 0 Å². The Morgan fingerprint density at radius 2 is 0.600 bits per heavy atom. The molecule has 0 fully saturated rings. The maximum absolute atomic E-state index is 5.20. The van der Waals surface area contributed by atoms with Gasteiger partial charge < -0.3 is 0 Å². The normalized spacial score (nSPS) is 11.1. The molecular weight excluding hydrogens is 1040 g/mol. The Labute approximate surface area is 447 Å². The molecule has 0 radical (unpaired) electrons. The molecule has 10 nitrogen and oxygen atoms in total. The van der Waals surface area contributed by atoms with Crippen LogP contribution in [0.25, 0.3) is 124 Å². The zero-order valence-corrected chi connectivity index (χ0v) is 42.9. The van der Waals surface area contributed by atoms with E-state index in [9.17, 15) is 0 Å². The SMILES string of the molecule is Cc1nc(-c2ccccc2)nc(-c2cccc(-c3ccccc3-c3cccc(-c4nc(I)nc(-c5ccccc5-c5ccccc5-c5cccc(-c6nc(C)nc(-c7ccc(-c8ccccn8)cc7)n6)c5)n4)c3)c2)n1. The molecule has 0 aliphatic rings. The fourth-order valence-corrected chi connectivity index (χ4v) is 9.79. The summed E-state index contributed by atoms with van der Waals surface area (Å²) in [7, 11) is 0. The second kappa shape index (κ2) is 20.7. The first-order valence-electron chi connectivity index (χ1n) is 24.4. The van der Waals surface area contributed by atoms with Crippen LogP contribution >= 0.6 is 22.6 Å².